The molecular formula is C10H18N4OS. The van der Waals surface area contributed by atoms with E-state index in [0.717, 1.165) is 0 Å². The van der Waals surface area contributed by atoms with Gasteiger partial charge in [0.15, 0.2) is 0 Å². The number of nitrogens with zero attached hydrogens (tertiary/aromatic N) is 2. The Morgan fingerprint density at radius 1 is 1.75 bits per heavy atom. The van der Waals surface area contributed by atoms with E-state index < -0.39 is 0 Å². The third kappa shape index (κ3) is 3.86. The highest BCUT2D eigenvalue weighted by atomic mass is 32.2. The summed E-state index contributed by atoms with van der Waals surface area (Å²) < 4.78 is 1.81. The van der Waals surface area contributed by atoms with Crippen LogP contribution in [0.5, 0.6) is 0 Å². The van der Waals surface area contributed by atoms with E-state index in [9.17, 15) is 4.79 Å². The van der Waals surface area contributed by atoms with Crippen molar-refractivity contribution in [2.45, 2.75) is 18.7 Å². The highest BCUT2D eigenvalue weighted by Crippen LogP contribution is 2.03. The van der Waals surface area contributed by atoms with Crippen molar-refractivity contribution in [2.24, 2.45) is 5.73 Å². The minimum absolute atomic E-state index is 0.128. The molecule has 6 heteroatoms. The number of nitrogens with one attached hydrogen (secondary N) is 1. The molecule has 0 saturated carbocycles. The molecule has 0 aliphatic carbocycles. The Hall–Kier alpha value is -1.01. The molecule has 90 valence electrons. The summed E-state index contributed by atoms with van der Waals surface area (Å²) >= 11 is 1.72. The number of carbonyl (C=O) groups excluding carboxylic acids is 1. The standard InChI is InChI=1S/C10H18N4OS/c1-8(16-2)5-12-10(15)9-6-14(4-3-11)7-13-9/h6-8H,3-5,11H2,1-2H3,(H,12,15). The summed E-state index contributed by atoms with van der Waals surface area (Å²) in [5, 5.41) is 3.25. The number of imidazole rings is 1. The SMILES string of the molecule is CSC(C)CNC(=O)c1cn(CCN)cn1. The fraction of sp³-hybridized carbons (Fsp3) is 0.600. The van der Waals surface area contributed by atoms with Crippen LogP contribution in [0.3, 0.4) is 0 Å². The molecule has 0 aliphatic heterocycles. The largest absolute Gasteiger partial charge is 0.350 e. The Morgan fingerprint density at radius 3 is 3.12 bits per heavy atom. The minimum Gasteiger partial charge on any atom is -0.350 e. The van der Waals surface area contributed by atoms with Crippen LogP contribution in [-0.4, -0.2) is 40.1 Å². The van der Waals surface area contributed by atoms with Gasteiger partial charge in [-0.1, -0.05) is 6.92 Å². The molecule has 0 aromatic carbocycles. The number of aromatic nitrogens is 2. The van der Waals surface area contributed by atoms with E-state index in [0.29, 0.717) is 30.6 Å². The van der Waals surface area contributed by atoms with Gasteiger partial charge in [-0.15, -0.1) is 0 Å². The molecule has 0 saturated heterocycles. The molecule has 16 heavy (non-hydrogen) atoms. The molecule has 3 N–H and O–H groups in total. The third-order valence-electron chi connectivity index (χ3n) is 2.21. The molecule has 0 aliphatic rings. The first-order valence-corrected chi connectivity index (χ1v) is 6.49. The van der Waals surface area contributed by atoms with Crippen molar-refractivity contribution in [1.29, 1.82) is 0 Å². The fourth-order valence-electron chi connectivity index (χ4n) is 1.16. The van der Waals surface area contributed by atoms with Crippen molar-refractivity contribution in [1.82, 2.24) is 14.9 Å². The Labute approximate surface area is 99.8 Å². The van der Waals surface area contributed by atoms with Gasteiger partial charge in [-0.2, -0.15) is 11.8 Å². The number of hydrogen-bond donors (Lipinski definition) is 2. The monoisotopic (exact) mass is 242 g/mol. The van der Waals surface area contributed by atoms with Gasteiger partial charge in [0.2, 0.25) is 0 Å². The van der Waals surface area contributed by atoms with Crippen molar-refractivity contribution in [3.05, 3.63) is 18.2 Å². The summed E-state index contributed by atoms with van der Waals surface area (Å²) in [5.41, 5.74) is 5.86. The minimum atomic E-state index is -0.128. The van der Waals surface area contributed by atoms with Crippen molar-refractivity contribution in [3.63, 3.8) is 0 Å². The van der Waals surface area contributed by atoms with Crippen molar-refractivity contribution in [2.75, 3.05) is 19.3 Å². The van der Waals surface area contributed by atoms with Gasteiger partial charge in [-0.3, -0.25) is 4.79 Å². The smallest absolute Gasteiger partial charge is 0.271 e. The van der Waals surface area contributed by atoms with E-state index in [1.54, 1.807) is 24.3 Å². The van der Waals surface area contributed by atoms with Gasteiger partial charge >= 0.3 is 0 Å². The molecule has 0 bridgehead atoms. The van der Waals surface area contributed by atoms with Crippen LogP contribution in [0, 0.1) is 0 Å². The molecule has 1 heterocycles. The second-order valence-electron chi connectivity index (χ2n) is 3.54. The zero-order valence-corrected chi connectivity index (χ0v) is 10.5. The predicted molar refractivity (Wildman–Crippen MR) is 66.6 cm³/mol. The molecular weight excluding hydrogens is 224 g/mol. The Balaban J connectivity index is 2.46. The van der Waals surface area contributed by atoms with E-state index >= 15 is 0 Å². The van der Waals surface area contributed by atoms with Crippen LogP contribution in [-0.2, 0) is 6.54 Å². The van der Waals surface area contributed by atoms with Gasteiger partial charge in [0.05, 0.1) is 6.33 Å². The molecule has 1 aromatic rings. The van der Waals surface area contributed by atoms with E-state index in [1.807, 2.05) is 10.8 Å². The predicted octanol–water partition coefficient (Wildman–Crippen LogP) is 0.323. The Bertz CT molecular complexity index is 339. The Kier molecular flexibility index (Phi) is 5.34. The molecule has 5 nitrogen and oxygen atoms in total. The molecule has 0 fully saturated rings. The van der Waals surface area contributed by atoms with Crippen LogP contribution in [0.1, 0.15) is 17.4 Å². The summed E-state index contributed by atoms with van der Waals surface area (Å²) in [5.74, 6) is -0.128. The van der Waals surface area contributed by atoms with Gasteiger partial charge in [0, 0.05) is 31.1 Å². The van der Waals surface area contributed by atoms with Crippen LogP contribution >= 0.6 is 11.8 Å². The first-order valence-electron chi connectivity index (χ1n) is 5.20. The number of carbonyl (C=O) groups is 1. The molecule has 0 spiro atoms. The van der Waals surface area contributed by atoms with Crippen molar-refractivity contribution in [3.8, 4) is 0 Å². The third-order valence-corrected chi connectivity index (χ3v) is 3.18. The van der Waals surface area contributed by atoms with Crippen molar-refractivity contribution < 1.29 is 4.79 Å². The van der Waals surface area contributed by atoms with Gasteiger partial charge in [-0.25, -0.2) is 4.98 Å². The average Bonchev–Trinajstić information content (AvgIpc) is 2.74. The quantitative estimate of drug-likeness (QED) is 0.753. The normalized spacial score (nSPS) is 12.4. The first-order chi connectivity index (χ1) is 7.67. The van der Waals surface area contributed by atoms with Crippen LogP contribution in [0.2, 0.25) is 0 Å². The maximum absolute atomic E-state index is 11.7. The fourth-order valence-corrected chi connectivity index (χ4v) is 1.41. The molecule has 1 atom stereocenters. The zero-order valence-electron chi connectivity index (χ0n) is 9.64. The van der Waals surface area contributed by atoms with E-state index in [1.165, 1.54) is 0 Å². The number of hydrogen-bond acceptors (Lipinski definition) is 4. The highest BCUT2D eigenvalue weighted by Gasteiger charge is 2.09. The lowest BCUT2D eigenvalue weighted by atomic mass is 10.4. The van der Waals surface area contributed by atoms with E-state index in [-0.39, 0.29) is 5.91 Å². The Morgan fingerprint density at radius 2 is 2.50 bits per heavy atom. The first kappa shape index (κ1) is 13.1. The van der Waals surface area contributed by atoms with E-state index in [2.05, 4.69) is 17.2 Å². The van der Waals surface area contributed by atoms with Gasteiger partial charge < -0.3 is 15.6 Å². The molecule has 0 radical (unpaired) electrons. The zero-order chi connectivity index (χ0) is 12.0. The van der Waals surface area contributed by atoms with Crippen LogP contribution in [0.15, 0.2) is 12.5 Å². The maximum Gasteiger partial charge on any atom is 0.271 e. The molecule has 1 rings (SSSR count). The molecule has 1 unspecified atom stereocenters. The average molecular weight is 242 g/mol. The summed E-state index contributed by atoms with van der Waals surface area (Å²) in [6.45, 7) is 3.95. The van der Waals surface area contributed by atoms with E-state index in [4.69, 9.17) is 5.73 Å². The summed E-state index contributed by atoms with van der Waals surface area (Å²) in [7, 11) is 0. The molecule has 1 amide bonds. The number of rotatable bonds is 6. The van der Waals surface area contributed by atoms with Crippen molar-refractivity contribution >= 4 is 17.7 Å². The van der Waals surface area contributed by atoms with Crippen LogP contribution in [0.25, 0.3) is 0 Å². The highest BCUT2D eigenvalue weighted by molar-refractivity contribution is 7.99. The number of amides is 1. The lowest BCUT2D eigenvalue weighted by molar-refractivity contribution is 0.0949. The summed E-state index contributed by atoms with van der Waals surface area (Å²) in [6.07, 6.45) is 5.36. The molecule has 1 aromatic heterocycles. The van der Waals surface area contributed by atoms with Gasteiger partial charge in [0.25, 0.3) is 5.91 Å². The van der Waals surface area contributed by atoms with Crippen LogP contribution in [0.4, 0.5) is 0 Å². The lowest BCUT2D eigenvalue weighted by Gasteiger charge is -2.08. The van der Waals surface area contributed by atoms with Gasteiger partial charge in [-0.05, 0) is 6.26 Å². The number of thioether (sulfide) groups is 1. The second kappa shape index (κ2) is 6.55. The van der Waals surface area contributed by atoms with Gasteiger partial charge in [0.1, 0.15) is 5.69 Å². The number of nitrogens with two attached hydrogens (primary N) is 1. The maximum atomic E-state index is 11.7. The summed E-state index contributed by atoms with van der Waals surface area (Å²) in [4.78, 5) is 15.7. The van der Waals surface area contributed by atoms with Crippen LogP contribution < -0.4 is 11.1 Å². The lowest BCUT2D eigenvalue weighted by Crippen LogP contribution is -2.29. The second-order valence-corrected chi connectivity index (χ2v) is 4.82. The topological polar surface area (TPSA) is 72.9 Å². The summed E-state index contributed by atoms with van der Waals surface area (Å²) in [6, 6.07) is 0.